The Morgan fingerprint density at radius 2 is 2.18 bits per heavy atom. The van der Waals surface area contributed by atoms with Crippen LogP contribution in [0.1, 0.15) is 13.3 Å². The first kappa shape index (κ1) is 11.1. The minimum Gasteiger partial charge on any atom is -0.390 e. The number of nitrogens with two attached hydrogens (primary N) is 1. The molecule has 0 aromatic rings. The van der Waals surface area contributed by atoms with Gasteiger partial charge in [-0.2, -0.15) is 0 Å². The van der Waals surface area contributed by atoms with E-state index < -0.39 is 8.80 Å². The second kappa shape index (κ2) is 5.67. The van der Waals surface area contributed by atoms with E-state index in [0.717, 1.165) is 6.42 Å². The monoisotopic (exact) mass is 179 g/mol. The standard InChI is InChI=1S/C6H17NO3Si/c1-3-10-11(8,9-2)6-4-5-7/h8H,3-7H2,1-2H3. The van der Waals surface area contributed by atoms with Crippen molar-refractivity contribution in [2.45, 2.75) is 19.4 Å². The van der Waals surface area contributed by atoms with Gasteiger partial charge in [-0.05, 0) is 19.9 Å². The van der Waals surface area contributed by atoms with E-state index in [9.17, 15) is 4.80 Å². The molecule has 0 radical (unpaired) electrons. The van der Waals surface area contributed by atoms with E-state index in [1.54, 1.807) is 0 Å². The fourth-order valence-corrected chi connectivity index (χ4v) is 2.35. The SMILES string of the molecule is CCO[Si](O)(CCCN)OC. The van der Waals surface area contributed by atoms with Gasteiger partial charge in [0.1, 0.15) is 0 Å². The molecule has 0 saturated heterocycles. The summed E-state index contributed by atoms with van der Waals surface area (Å²) in [7, 11) is -1.35. The third kappa shape index (κ3) is 4.49. The first-order chi connectivity index (χ1) is 5.18. The van der Waals surface area contributed by atoms with E-state index in [2.05, 4.69) is 0 Å². The number of rotatable bonds is 6. The van der Waals surface area contributed by atoms with Gasteiger partial charge in [-0.15, -0.1) is 0 Å². The lowest BCUT2D eigenvalue weighted by Gasteiger charge is -2.20. The van der Waals surface area contributed by atoms with Crippen molar-refractivity contribution in [3.05, 3.63) is 0 Å². The highest BCUT2D eigenvalue weighted by Gasteiger charge is 2.33. The topological polar surface area (TPSA) is 64.7 Å². The van der Waals surface area contributed by atoms with E-state index in [1.807, 2.05) is 6.92 Å². The molecule has 0 aliphatic rings. The van der Waals surface area contributed by atoms with E-state index in [4.69, 9.17) is 14.6 Å². The first-order valence-electron chi connectivity index (χ1n) is 3.80. The fraction of sp³-hybridized carbons (Fsp3) is 1.00. The average Bonchev–Trinajstić information content (AvgIpc) is 2.02. The Bertz CT molecular complexity index is 104. The van der Waals surface area contributed by atoms with Crippen LogP contribution in [0.4, 0.5) is 0 Å². The summed E-state index contributed by atoms with van der Waals surface area (Å²) in [6.07, 6.45) is 0.747. The van der Waals surface area contributed by atoms with Gasteiger partial charge < -0.3 is 19.4 Å². The first-order valence-corrected chi connectivity index (χ1v) is 5.77. The second-order valence-electron chi connectivity index (χ2n) is 2.24. The Labute approximate surface area is 68.7 Å². The quantitative estimate of drug-likeness (QED) is 0.561. The van der Waals surface area contributed by atoms with E-state index >= 15 is 0 Å². The molecule has 4 nitrogen and oxygen atoms in total. The minimum atomic E-state index is -2.82. The van der Waals surface area contributed by atoms with Crippen LogP contribution >= 0.6 is 0 Å². The maximum Gasteiger partial charge on any atom is 0.497 e. The van der Waals surface area contributed by atoms with Crippen molar-refractivity contribution >= 4 is 8.80 Å². The lowest BCUT2D eigenvalue weighted by Crippen LogP contribution is -2.41. The molecule has 0 saturated carbocycles. The Morgan fingerprint density at radius 1 is 1.55 bits per heavy atom. The molecule has 0 aliphatic carbocycles. The van der Waals surface area contributed by atoms with Crippen LogP contribution in [-0.4, -0.2) is 33.9 Å². The van der Waals surface area contributed by atoms with Crippen molar-refractivity contribution in [3.8, 4) is 0 Å². The Hall–Kier alpha value is 0.0569. The predicted octanol–water partition coefficient (Wildman–Crippen LogP) is -0.0507. The second-order valence-corrected chi connectivity index (χ2v) is 4.86. The van der Waals surface area contributed by atoms with Crippen LogP contribution in [0, 0.1) is 0 Å². The molecule has 0 heterocycles. The van der Waals surface area contributed by atoms with Crippen LogP contribution in [0.25, 0.3) is 0 Å². The molecule has 11 heavy (non-hydrogen) atoms. The summed E-state index contributed by atoms with van der Waals surface area (Å²) >= 11 is 0. The molecule has 0 bridgehead atoms. The minimum absolute atomic E-state index is 0.487. The molecule has 0 fully saturated rings. The molecule has 0 aliphatic heterocycles. The van der Waals surface area contributed by atoms with Crippen LogP contribution in [0.15, 0.2) is 0 Å². The molecule has 1 unspecified atom stereocenters. The molecule has 0 aromatic carbocycles. The maximum absolute atomic E-state index is 9.59. The van der Waals surface area contributed by atoms with Crippen LogP contribution in [0.3, 0.4) is 0 Å². The highest BCUT2D eigenvalue weighted by Crippen LogP contribution is 2.10. The van der Waals surface area contributed by atoms with Crippen LogP contribution < -0.4 is 5.73 Å². The summed E-state index contributed by atoms with van der Waals surface area (Å²) in [5.74, 6) is 0. The van der Waals surface area contributed by atoms with Gasteiger partial charge in [-0.25, -0.2) is 0 Å². The van der Waals surface area contributed by atoms with Gasteiger partial charge in [0.15, 0.2) is 0 Å². The molecular formula is C6H17NO3Si. The van der Waals surface area contributed by atoms with Crippen LogP contribution in [0.2, 0.25) is 6.04 Å². The lowest BCUT2D eigenvalue weighted by molar-refractivity contribution is 0.127. The zero-order valence-corrected chi connectivity index (χ0v) is 8.17. The molecular weight excluding hydrogens is 162 g/mol. The third-order valence-corrected chi connectivity index (χ3v) is 3.75. The summed E-state index contributed by atoms with van der Waals surface area (Å²) in [6, 6.07) is 0.549. The molecule has 0 amide bonds. The summed E-state index contributed by atoms with van der Waals surface area (Å²) < 4.78 is 9.99. The highest BCUT2D eigenvalue weighted by molar-refractivity contribution is 6.59. The number of hydrogen-bond donors (Lipinski definition) is 2. The van der Waals surface area contributed by atoms with E-state index in [-0.39, 0.29) is 0 Å². The van der Waals surface area contributed by atoms with Gasteiger partial charge >= 0.3 is 8.80 Å². The zero-order valence-electron chi connectivity index (χ0n) is 7.17. The van der Waals surface area contributed by atoms with Crippen molar-refractivity contribution < 1.29 is 13.6 Å². The van der Waals surface area contributed by atoms with E-state index in [0.29, 0.717) is 19.2 Å². The molecule has 0 rings (SSSR count). The van der Waals surface area contributed by atoms with Crippen molar-refractivity contribution in [1.29, 1.82) is 0 Å². The van der Waals surface area contributed by atoms with Gasteiger partial charge in [0, 0.05) is 19.8 Å². The lowest BCUT2D eigenvalue weighted by atomic mass is 10.5. The van der Waals surface area contributed by atoms with Gasteiger partial charge in [0.05, 0.1) is 0 Å². The Morgan fingerprint density at radius 3 is 2.55 bits per heavy atom. The molecule has 3 N–H and O–H groups in total. The summed E-state index contributed by atoms with van der Waals surface area (Å²) in [6.45, 7) is 2.88. The predicted molar refractivity (Wildman–Crippen MR) is 45.1 cm³/mol. The normalized spacial score (nSPS) is 16.4. The molecule has 0 spiro atoms. The van der Waals surface area contributed by atoms with Gasteiger partial charge in [-0.1, -0.05) is 0 Å². The Kier molecular flexibility index (Phi) is 5.70. The number of hydrogen-bond acceptors (Lipinski definition) is 4. The largest absolute Gasteiger partial charge is 0.497 e. The van der Waals surface area contributed by atoms with Crippen LogP contribution in [0.5, 0.6) is 0 Å². The summed E-state index contributed by atoms with van der Waals surface area (Å²) in [4.78, 5) is 9.59. The average molecular weight is 179 g/mol. The van der Waals surface area contributed by atoms with Gasteiger partial charge in [0.25, 0.3) is 0 Å². The van der Waals surface area contributed by atoms with E-state index in [1.165, 1.54) is 7.11 Å². The van der Waals surface area contributed by atoms with Crippen molar-refractivity contribution in [3.63, 3.8) is 0 Å². The smallest absolute Gasteiger partial charge is 0.390 e. The maximum atomic E-state index is 9.59. The zero-order chi connectivity index (χ0) is 8.74. The molecule has 0 aromatic heterocycles. The summed E-state index contributed by atoms with van der Waals surface area (Å²) in [5.41, 5.74) is 5.29. The van der Waals surface area contributed by atoms with Crippen LogP contribution in [-0.2, 0) is 8.85 Å². The van der Waals surface area contributed by atoms with Gasteiger partial charge in [0.2, 0.25) is 0 Å². The van der Waals surface area contributed by atoms with Crippen molar-refractivity contribution in [2.24, 2.45) is 5.73 Å². The van der Waals surface area contributed by atoms with Gasteiger partial charge in [-0.3, -0.25) is 0 Å². The molecule has 68 valence electrons. The molecule has 1 atom stereocenters. The summed E-state index contributed by atoms with van der Waals surface area (Å²) in [5, 5.41) is 0. The van der Waals surface area contributed by atoms with Crippen molar-refractivity contribution in [1.82, 2.24) is 0 Å². The fourth-order valence-electron chi connectivity index (χ4n) is 0.784. The third-order valence-electron chi connectivity index (χ3n) is 1.39. The Balaban J connectivity index is 3.68. The highest BCUT2D eigenvalue weighted by atomic mass is 28.4. The van der Waals surface area contributed by atoms with Crippen molar-refractivity contribution in [2.75, 3.05) is 20.3 Å². The molecule has 5 heteroatoms.